The molecule has 1 saturated carbocycles. The van der Waals surface area contributed by atoms with Gasteiger partial charge < -0.3 is 19.8 Å². The van der Waals surface area contributed by atoms with Gasteiger partial charge in [-0.2, -0.15) is 0 Å². The molecule has 38 heavy (non-hydrogen) atoms. The van der Waals surface area contributed by atoms with E-state index in [9.17, 15) is 26.8 Å². The number of ether oxygens (including phenoxy) is 2. The fraction of sp³-hybridized carbons (Fsp3) is 0.400. The maximum absolute atomic E-state index is 14.6. The van der Waals surface area contributed by atoms with E-state index in [1.165, 1.54) is 31.4 Å². The number of benzene rings is 2. The van der Waals surface area contributed by atoms with Crippen molar-refractivity contribution in [1.82, 2.24) is 20.0 Å². The van der Waals surface area contributed by atoms with Gasteiger partial charge in [0.1, 0.15) is 5.39 Å². The molecule has 0 bridgehead atoms. The fourth-order valence-electron chi connectivity index (χ4n) is 4.58. The number of hydrogen-bond donors (Lipinski definition) is 3. The number of H-pyrrole nitrogens is 1. The molecule has 0 aliphatic heterocycles. The van der Waals surface area contributed by atoms with Gasteiger partial charge in [-0.15, -0.1) is 0 Å². The summed E-state index contributed by atoms with van der Waals surface area (Å²) in [7, 11) is -1.96. The highest BCUT2D eigenvalue weighted by Gasteiger charge is 2.27. The molecule has 1 aliphatic carbocycles. The third kappa shape index (κ3) is 6.64. The SMILES string of the molecule is COc1cc(CNC(=O)c2nc3ccc(F)c(OCCC4CCC(NS(C)(=O)=O)C4)c3c(=O)[nH]2)ccc1F. The standard InChI is InChI=1S/C25H28F2N4O6S/c1-36-20-12-15(4-6-17(20)26)13-28-25(33)23-29-19-8-7-18(27)22(21(19)24(32)30-23)37-10-9-14-3-5-16(11-14)31-38(2,34)35/h4,6-8,12,14,16,31H,3,5,9-11,13H2,1-2H3,(H,28,33)(H,29,30,32). The molecule has 10 nitrogen and oxygen atoms in total. The lowest BCUT2D eigenvalue weighted by Gasteiger charge is -2.14. The molecule has 1 aliphatic rings. The normalized spacial score (nSPS) is 17.5. The van der Waals surface area contributed by atoms with E-state index >= 15 is 0 Å². The quantitative estimate of drug-likeness (QED) is 0.353. The molecule has 0 radical (unpaired) electrons. The van der Waals surface area contributed by atoms with Crippen LogP contribution in [0.3, 0.4) is 0 Å². The summed E-state index contributed by atoms with van der Waals surface area (Å²) in [6.07, 6.45) is 3.84. The van der Waals surface area contributed by atoms with Crippen molar-refractivity contribution in [2.75, 3.05) is 20.0 Å². The van der Waals surface area contributed by atoms with E-state index in [1.54, 1.807) is 0 Å². The summed E-state index contributed by atoms with van der Waals surface area (Å²) >= 11 is 0. The number of carbonyl (C=O) groups is 1. The molecule has 2 aromatic carbocycles. The molecule has 1 heterocycles. The number of amides is 1. The number of halogens is 2. The van der Waals surface area contributed by atoms with Crippen LogP contribution in [0, 0.1) is 17.6 Å². The molecule has 0 saturated heterocycles. The molecule has 1 aromatic heterocycles. The maximum Gasteiger partial charge on any atom is 0.287 e. The summed E-state index contributed by atoms with van der Waals surface area (Å²) in [6.45, 7) is 0.145. The Hall–Kier alpha value is -3.58. The molecule has 13 heteroatoms. The van der Waals surface area contributed by atoms with Crippen molar-refractivity contribution >= 4 is 26.8 Å². The van der Waals surface area contributed by atoms with Crippen molar-refractivity contribution in [3.05, 3.63) is 63.7 Å². The third-order valence-corrected chi connectivity index (χ3v) is 7.12. The zero-order valence-corrected chi connectivity index (χ0v) is 21.7. The molecule has 0 spiro atoms. The van der Waals surface area contributed by atoms with E-state index in [1.807, 2.05) is 0 Å². The minimum absolute atomic E-state index is 0.0245. The number of aromatic nitrogens is 2. The van der Waals surface area contributed by atoms with Crippen LogP contribution in [0.5, 0.6) is 11.5 Å². The van der Waals surface area contributed by atoms with E-state index in [0.717, 1.165) is 18.7 Å². The predicted octanol–water partition coefficient (Wildman–Crippen LogP) is 2.63. The van der Waals surface area contributed by atoms with Crippen molar-refractivity contribution in [2.24, 2.45) is 5.92 Å². The summed E-state index contributed by atoms with van der Waals surface area (Å²) in [5.74, 6) is -2.27. The van der Waals surface area contributed by atoms with Gasteiger partial charge in [0.25, 0.3) is 11.5 Å². The molecule has 1 fully saturated rings. The fourth-order valence-corrected chi connectivity index (χ4v) is 5.40. The first-order valence-electron chi connectivity index (χ1n) is 12.0. The van der Waals surface area contributed by atoms with E-state index in [0.29, 0.717) is 24.8 Å². The van der Waals surface area contributed by atoms with Gasteiger partial charge >= 0.3 is 0 Å². The van der Waals surface area contributed by atoms with E-state index < -0.39 is 33.1 Å². The Labute approximate surface area is 217 Å². The number of carbonyl (C=O) groups excluding carboxylic acids is 1. The molecule has 4 rings (SSSR count). The van der Waals surface area contributed by atoms with Crippen molar-refractivity contribution in [3.63, 3.8) is 0 Å². The Kier molecular flexibility index (Phi) is 8.26. The van der Waals surface area contributed by atoms with E-state index in [2.05, 4.69) is 20.0 Å². The average molecular weight is 551 g/mol. The molecular weight excluding hydrogens is 522 g/mol. The zero-order valence-electron chi connectivity index (χ0n) is 20.8. The van der Waals surface area contributed by atoms with Gasteiger partial charge in [-0.25, -0.2) is 26.9 Å². The summed E-state index contributed by atoms with van der Waals surface area (Å²) in [5.41, 5.74) is -0.0911. The van der Waals surface area contributed by atoms with E-state index in [4.69, 9.17) is 9.47 Å². The lowest BCUT2D eigenvalue weighted by molar-refractivity contribution is 0.0940. The number of nitrogens with one attached hydrogen (secondary N) is 3. The van der Waals surface area contributed by atoms with Gasteiger partial charge in [-0.3, -0.25) is 9.59 Å². The molecule has 3 aromatic rings. The summed E-state index contributed by atoms with van der Waals surface area (Å²) in [6, 6.07) is 6.39. The number of rotatable bonds is 10. The third-order valence-electron chi connectivity index (χ3n) is 6.36. The second kappa shape index (κ2) is 11.4. The Morgan fingerprint density at radius 3 is 2.68 bits per heavy atom. The van der Waals surface area contributed by atoms with Crippen molar-refractivity contribution in [3.8, 4) is 11.5 Å². The molecule has 204 valence electrons. The number of hydrogen-bond acceptors (Lipinski definition) is 7. The van der Waals surface area contributed by atoms with Crippen LogP contribution in [-0.4, -0.2) is 50.3 Å². The summed E-state index contributed by atoms with van der Waals surface area (Å²) in [5, 5.41) is 2.47. The Bertz CT molecular complexity index is 1510. The first-order valence-corrected chi connectivity index (χ1v) is 13.9. The minimum Gasteiger partial charge on any atom is -0.494 e. The maximum atomic E-state index is 14.6. The monoisotopic (exact) mass is 550 g/mol. The smallest absolute Gasteiger partial charge is 0.287 e. The largest absolute Gasteiger partial charge is 0.494 e. The van der Waals surface area contributed by atoms with Crippen LogP contribution in [0.25, 0.3) is 10.9 Å². The van der Waals surface area contributed by atoms with E-state index in [-0.39, 0.29) is 53.3 Å². The molecule has 2 atom stereocenters. The van der Waals surface area contributed by atoms with Crippen LogP contribution in [0.4, 0.5) is 8.78 Å². The van der Waals surface area contributed by atoms with Gasteiger partial charge in [-0.1, -0.05) is 6.07 Å². The Morgan fingerprint density at radius 1 is 1.18 bits per heavy atom. The Balaban J connectivity index is 1.43. The molecule has 2 unspecified atom stereocenters. The molecule has 3 N–H and O–H groups in total. The van der Waals surface area contributed by atoms with Crippen LogP contribution < -0.4 is 25.1 Å². The van der Waals surface area contributed by atoms with Gasteiger partial charge in [0, 0.05) is 12.6 Å². The van der Waals surface area contributed by atoms with Crippen molar-refractivity contribution in [1.29, 1.82) is 0 Å². The second-order valence-electron chi connectivity index (χ2n) is 9.24. The van der Waals surface area contributed by atoms with Crippen LogP contribution in [0.2, 0.25) is 0 Å². The topological polar surface area (TPSA) is 139 Å². The first kappa shape index (κ1) is 27.5. The van der Waals surface area contributed by atoms with Gasteiger partial charge in [0.15, 0.2) is 29.0 Å². The van der Waals surface area contributed by atoms with Crippen molar-refractivity contribution in [2.45, 2.75) is 38.3 Å². The number of fused-ring (bicyclic) bond motifs is 1. The summed E-state index contributed by atoms with van der Waals surface area (Å²) < 4.78 is 64.2. The van der Waals surface area contributed by atoms with Crippen LogP contribution in [0.15, 0.2) is 35.1 Å². The highest BCUT2D eigenvalue weighted by molar-refractivity contribution is 7.88. The number of methoxy groups -OCH3 is 1. The van der Waals surface area contributed by atoms with Crippen molar-refractivity contribution < 1.29 is 31.5 Å². The second-order valence-corrected chi connectivity index (χ2v) is 11.0. The lowest BCUT2D eigenvalue weighted by Crippen LogP contribution is -2.31. The molecule has 1 amide bonds. The highest BCUT2D eigenvalue weighted by atomic mass is 32.2. The van der Waals surface area contributed by atoms with Crippen LogP contribution in [0.1, 0.15) is 41.9 Å². The number of aromatic amines is 1. The number of nitrogens with zero attached hydrogens (tertiary/aromatic N) is 1. The highest BCUT2D eigenvalue weighted by Crippen LogP contribution is 2.30. The minimum atomic E-state index is -3.28. The predicted molar refractivity (Wildman–Crippen MR) is 136 cm³/mol. The average Bonchev–Trinajstić information content (AvgIpc) is 3.29. The van der Waals surface area contributed by atoms with Crippen LogP contribution in [-0.2, 0) is 16.6 Å². The summed E-state index contributed by atoms with van der Waals surface area (Å²) in [4.78, 5) is 32.0. The zero-order chi connectivity index (χ0) is 27.4. The molecular formula is C25H28F2N4O6S. The Morgan fingerprint density at radius 2 is 1.95 bits per heavy atom. The lowest BCUT2D eigenvalue weighted by atomic mass is 10.0. The van der Waals surface area contributed by atoms with Gasteiger partial charge in [0.05, 0.1) is 25.5 Å². The van der Waals surface area contributed by atoms with Gasteiger partial charge in [0.2, 0.25) is 10.0 Å². The number of sulfonamides is 1. The first-order chi connectivity index (χ1) is 18.0. The van der Waals surface area contributed by atoms with Gasteiger partial charge in [-0.05, 0) is 61.4 Å². The van der Waals surface area contributed by atoms with Crippen LogP contribution >= 0.6 is 0 Å².